The molecule has 1 nitrogen and oxygen atoms in total. The van der Waals surface area contributed by atoms with Crippen molar-refractivity contribution in [1.82, 2.24) is 0 Å². The second-order valence-electron chi connectivity index (χ2n) is 2.41. The number of hydrogen-bond acceptors (Lipinski definition) is 0. The summed E-state index contributed by atoms with van der Waals surface area (Å²) in [7, 11) is 0. The van der Waals surface area contributed by atoms with Gasteiger partial charge in [-0.25, -0.2) is 0 Å². The van der Waals surface area contributed by atoms with Crippen molar-refractivity contribution in [2.24, 2.45) is 0 Å². The number of hydrogen-bond donors (Lipinski definition) is 0. The molecule has 0 aliphatic carbocycles. The molecular formula is C6H12Br4N+. The van der Waals surface area contributed by atoms with Gasteiger partial charge in [-0.05, 0) is 22.4 Å². The number of unbranched alkanes of at least 4 members (excludes halogenated alkanes) is 2. The van der Waals surface area contributed by atoms with Crippen molar-refractivity contribution in [2.75, 3.05) is 0 Å². The van der Waals surface area contributed by atoms with Crippen LogP contribution in [0.3, 0.4) is 0 Å². The first-order valence-electron chi connectivity index (χ1n) is 3.60. The van der Waals surface area contributed by atoms with E-state index in [1.54, 1.807) is 0 Å². The van der Waals surface area contributed by atoms with Crippen LogP contribution >= 0.6 is 64.4 Å². The van der Waals surface area contributed by atoms with Crippen molar-refractivity contribution in [3.05, 3.63) is 0 Å². The summed E-state index contributed by atoms with van der Waals surface area (Å²) in [5, 5.41) is 0. The molecule has 0 saturated carbocycles. The molecule has 0 aromatic heterocycles. The third-order valence-corrected chi connectivity index (χ3v) is 5.57. The Bertz CT molecular complexity index is 101. The molecule has 1 atom stereocenters. The van der Waals surface area contributed by atoms with Crippen molar-refractivity contribution in [3.8, 4) is 0 Å². The summed E-state index contributed by atoms with van der Waals surface area (Å²) in [6.07, 6.45) is 4.98. The van der Waals surface area contributed by atoms with Crippen LogP contribution in [0, 0.1) is 0 Å². The summed E-state index contributed by atoms with van der Waals surface area (Å²) in [6, 6.07) is 0. The first-order chi connectivity index (χ1) is 4.98. The Morgan fingerprint density at radius 1 is 1.18 bits per heavy atom. The highest BCUT2D eigenvalue weighted by molar-refractivity contribution is 9.27. The predicted molar refractivity (Wildman–Crippen MR) is 63.9 cm³/mol. The minimum atomic E-state index is 0.369. The lowest BCUT2D eigenvalue weighted by molar-refractivity contribution is -0.435. The summed E-state index contributed by atoms with van der Waals surface area (Å²) < 4.78 is 0.455. The minimum Gasteiger partial charge on any atom is -0.111 e. The molecule has 0 N–H and O–H groups in total. The van der Waals surface area contributed by atoms with E-state index in [0.717, 1.165) is 6.42 Å². The molecule has 1 unspecified atom stereocenters. The Labute approximate surface area is 103 Å². The SMILES string of the molecule is CCCCCC(Br)[N+](Br)(Br)Br. The lowest BCUT2D eigenvalue weighted by atomic mass is 10.2. The van der Waals surface area contributed by atoms with E-state index < -0.39 is 0 Å². The molecule has 0 rings (SSSR count). The summed E-state index contributed by atoms with van der Waals surface area (Å²) in [4.78, 5) is 0.369. The first-order valence-corrected chi connectivity index (χ1v) is 6.64. The van der Waals surface area contributed by atoms with Gasteiger partial charge in [0, 0.05) is 6.42 Å². The molecule has 0 amide bonds. The zero-order valence-corrected chi connectivity index (χ0v) is 12.7. The number of alkyl halides is 1. The monoisotopic (exact) mass is 414 g/mol. The average molecular weight is 418 g/mol. The van der Waals surface area contributed by atoms with E-state index in [-0.39, 0.29) is 0 Å². The van der Waals surface area contributed by atoms with E-state index in [2.05, 4.69) is 71.3 Å². The lowest BCUT2D eigenvalue weighted by Crippen LogP contribution is -2.21. The fraction of sp³-hybridized carbons (Fsp3) is 1.00. The fourth-order valence-corrected chi connectivity index (χ4v) is 1.65. The maximum Gasteiger partial charge on any atom is 0.253 e. The van der Waals surface area contributed by atoms with Crippen molar-refractivity contribution >= 4 is 64.4 Å². The Morgan fingerprint density at radius 2 is 1.73 bits per heavy atom. The van der Waals surface area contributed by atoms with Crippen molar-refractivity contribution in [3.63, 3.8) is 0 Å². The Morgan fingerprint density at radius 3 is 2.09 bits per heavy atom. The van der Waals surface area contributed by atoms with Gasteiger partial charge < -0.3 is 0 Å². The van der Waals surface area contributed by atoms with Crippen LogP contribution in [0.25, 0.3) is 0 Å². The topological polar surface area (TPSA) is 0 Å². The molecule has 0 aliphatic rings. The van der Waals surface area contributed by atoms with Crippen molar-refractivity contribution in [2.45, 2.75) is 37.6 Å². The smallest absolute Gasteiger partial charge is 0.111 e. The third kappa shape index (κ3) is 6.99. The van der Waals surface area contributed by atoms with Crippen molar-refractivity contribution < 1.29 is 1.56 Å². The fourth-order valence-electron chi connectivity index (χ4n) is 0.709. The maximum absolute atomic E-state index is 3.56. The van der Waals surface area contributed by atoms with Gasteiger partial charge in [-0.1, -0.05) is 19.8 Å². The van der Waals surface area contributed by atoms with Gasteiger partial charge in [0.05, 0.1) is 0 Å². The van der Waals surface area contributed by atoms with E-state index >= 15 is 0 Å². The van der Waals surface area contributed by atoms with Gasteiger partial charge in [-0.15, -0.1) is 1.56 Å². The second kappa shape index (κ2) is 6.35. The Balaban J connectivity index is 3.44. The molecule has 68 valence electrons. The van der Waals surface area contributed by atoms with E-state index in [9.17, 15) is 0 Å². The standard InChI is InChI=1S/C6H12Br4N/c1-2-3-4-5-6(7)11(8,9)10/h6H,2-5H2,1H3/q+1. The van der Waals surface area contributed by atoms with Crippen LogP contribution in [-0.2, 0) is 0 Å². The molecule has 0 spiro atoms. The van der Waals surface area contributed by atoms with Gasteiger partial charge in [-0.3, -0.25) is 0 Å². The molecule has 0 aromatic carbocycles. The minimum absolute atomic E-state index is 0.369. The summed E-state index contributed by atoms with van der Waals surface area (Å²) in [5.74, 6) is 0. The van der Waals surface area contributed by atoms with Crippen molar-refractivity contribution in [1.29, 1.82) is 0 Å². The van der Waals surface area contributed by atoms with Crippen LogP contribution in [0.4, 0.5) is 0 Å². The predicted octanol–water partition coefficient (Wildman–Crippen LogP) is 5.03. The molecule has 0 aliphatic heterocycles. The van der Waals surface area contributed by atoms with Crippen LogP contribution in [0.15, 0.2) is 0 Å². The van der Waals surface area contributed by atoms with E-state index in [1.165, 1.54) is 19.3 Å². The van der Waals surface area contributed by atoms with Gasteiger partial charge in [-0.2, -0.15) is 0 Å². The highest BCUT2D eigenvalue weighted by atomic mass is 80.0. The number of quaternary nitrogens is 1. The molecule has 0 fully saturated rings. The van der Waals surface area contributed by atoms with Crippen LogP contribution < -0.4 is 0 Å². The summed E-state index contributed by atoms with van der Waals surface area (Å²) >= 11 is 13.8. The summed E-state index contributed by atoms with van der Waals surface area (Å²) in [5.41, 5.74) is 0. The largest absolute Gasteiger partial charge is 0.253 e. The Hall–Kier alpha value is 1.88. The summed E-state index contributed by atoms with van der Waals surface area (Å²) in [6.45, 7) is 2.21. The van der Waals surface area contributed by atoms with Crippen LogP contribution in [0.1, 0.15) is 32.6 Å². The highest BCUT2D eigenvalue weighted by Crippen LogP contribution is 2.38. The molecule has 11 heavy (non-hydrogen) atoms. The molecule has 0 heterocycles. The van der Waals surface area contributed by atoms with Crippen LogP contribution in [0.5, 0.6) is 0 Å². The third-order valence-electron chi connectivity index (χ3n) is 1.36. The van der Waals surface area contributed by atoms with E-state index in [0.29, 0.717) is 6.51 Å². The zero-order chi connectivity index (χ0) is 8.91. The van der Waals surface area contributed by atoms with Crippen LogP contribution in [-0.4, -0.2) is 6.51 Å². The van der Waals surface area contributed by atoms with Gasteiger partial charge >= 0.3 is 0 Å². The average Bonchev–Trinajstić information content (AvgIpc) is 1.86. The van der Waals surface area contributed by atoms with Gasteiger partial charge in [0.2, 0.25) is 0 Å². The zero-order valence-electron chi connectivity index (χ0n) is 6.36. The molecular weight excluding hydrogens is 406 g/mol. The molecule has 0 aromatic rings. The number of halogens is 4. The van der Waals surface area contributed by atoms with E-state index in [1.807, 2.05) is 0 Å². The first kappa shape index (κ1) is 12.9. The van der Waals surface area contributed by atoms with Gasteiger partial charge in [0.25, 0.3) is 48.4 Å². The maximum atomic E-state index is 3.56. The molecule has 5 heteroatoms. The normalized spacial score (nSPS) is 15.0. The molecule has 0 bridgehead atoms. The quantitative estimate of drug-likeness (QED) is 0.255. The second-order valence-corrected chi connectivity index (χ2v) is 9.68. The molecule has 0 saturated heterocycles. The lowest BCUT2D eigenvalue weighted by Gasteiger charge is -2.17. The van der Waals surface area contributed by atoms with Gasteiger partial charge in [0.1, 0.15) is 0 Å². The van der Waals surface area contributed by atoms with Gasteiger partial charge in [0.15, 0.2) is 4.95 Å². The number of rotatable bonds is 5. The number of nitrogens with zero attached hydrogens (tertiary/aromatic N) is 1. The highest BCUT2D eigenvalue weighted by Gasteiger charge is 2.29. The van der Waals surface area contributed by atoms with Crippen LogP contribution in [0.2, 0.25) is 0 Å². The Kier molecular flexibility index (Phi) is 7.44. The van der Waals surface area contributed by atoms with E-state index in [4.69, 9.17) is 0 Å². The molecule has 0 radical (unpaired) electrons.